The summed E-state index contributed by atoms with van der Waals surface area (Å²) in [5, 5.41) is 11.0. The van der Waals surface area contributed by atoms with Crippen molar-refractivity contribution in [1.82, 2.24) is 0 Å². The van der Waals surface area contributed by atoms with Crippen LogP contribution in [0.2, 0.25) is 0 Å². The molecule has 0 amide bonds. The average molecular weight is 447 g/mol. The summed E-state index contributed by atoms with van der Waals surface area (Å²) >= 11 is 0. The van der Waals surface area contributed by atoms with Gasteiger partial charge in [0.2, 0.25) is 0 Å². The first kappa shape index (κ1) is 24.7. The number of unbranched alkanes of at least 4 members (excludes halogenated alkanes) is 5. The number of para-hydroxylation sites is 3. The van der Waals surface area contributed by atoms with Crippen molar-refractivity contribution in [3.05, 3.63) is 90.5 Å². The summed E-state index contributed by atoms with van der Waals surface area (Å²) in [5.41, 5.74) is 0.663. The highest BCUT2D eigenvalue weighted by molar-refractivity contribution is 5.39. The number of aromatic hydroxyl groups is 1. The lowest BCUT2D eigenvalue weighted by molar-refractivity contribution is -0.170. The molecule has 176 valence electrons. The molecule has 0 radical (unpaired) electrons. The average Bonchev–Trinajstić information content (AvgIpc) is 2.85. The van der Waals surface area contributed by atoms with Gasteiger partial charge >= 0.3 is 0 Å². The zero-order valence-corrected chi connectivity index (χ0v) is 20.1. The molecule has 1 atom stereocenters. The van der Waals surface area contributed by atoms with Crippen LogP contribution in [0.1, 0.15) is 70.8 Å². The maximum absolute atomic E-state index is 11.0. The largest absolute Gasteiger partial charge is 0.507 e. The first-order valence-electron chi connectivity index (χ1n) is 12.5. The SMILES string of the molecule is CCCCCCCCC(CC)C(Oc1ccccc1)(Oc1ccccc1)c1ccccc1O. The summed E-state index contributed by atoms with van der Waals surface area (Å²) in [6.07, 6.45) is 9.22. The number of rotatable bonds is 14. The second-order valence-corrected chi connectivity index (χ2v) is 8.68. The Balaban J connectivity index is 1.99. The Morgan fingerprint density at radius 3 is 1.73 bits per heavy atom. The van der Waals surface area contributed by atoms with Crippen LogP contribution >= 0.6 is 0 Å². The first-order valence-corrected chi connectivity index (χ1v) is 12.5. The van der Waals surface area contributed by atoms with E-state index in [1.165, 1.54) is 32.1 Å². The van der Waals surface area contributed by atoms with Gasteiger partial charge in [0.1, 0.15) is 17.2 Å². The van der Waals surface area contributed by atoms with E-state index in [-0.39, 0.29) is 11.7 Å². The van der Waals surface area contributed by atoms with Crippen molar-refractivity contribution in [3.63, 3.8) is 0 Å². The molecule has 0 bridgehead atoms. The molecule has 3 rings (SSSR count). The van der Waals surface area contributed by atoms with Crippen LogP contribution in [0.3, 0.4) is 0 Å². The van der Waals surface area contributed by atoms with Crippen LogP contribution < -0.4 is 9.47 Å². The molecule has 0 aliphatic carbocycles. The maximum Gasteiger partial charge on any atom is 0.284 e. The molecule has 0 heterocycles. The minimum absolute atomic E-state index is 0.0531. The third-order valence-corrected chi connectivity index (χ3v) is 6.24. The van der Waals surface area contributed by atoms with Gasteiger partial charge in [0.05, 0.1) is 5.56 Å². The number of phenolic OH excluding ortho intramolecular Hbond substituents is 1. The van der Waals surface area contributed by atoms with Gasteiger partial charge in [0, 0.05) is 5.92 Å². The summed E-state index contributed by atoms with van der Waals surface area (Å²) in [4.78, 5) is 0. The first-order chi connectivity index (χ1) is 16.2. The highest BCUT2D eigenvalue weighted by Crippen LogP contribution is 2.44. The summed E-state index contributed by atoms with van der Waals surface area (Å²) in [6.45, 7) is 4.43. The van der Waals surface area contributed by atoms with Crippen molar-refractivity contribution in [3.8, 4) is 17.2 Å². The minimum atomic E-state index is -1.15. The van der Waals surface area contributed by atoms with Crippen LogP contribution in [-0.2, 0) is 5.79 Å². The van der Waals surface area contributed by atoms with E-state index in [1.807, 2.05) is 78.9 Å². The molecule has 0 saturated heterocycles. The Bertz CT molecular complexity index is 882. The van der Waals surface area contributed by atoms with Gasteiger partial charge in [-0.1, -0.05) is 101 Å². The van der Waals surface area contributed by atoms with Gasteiger partial charge in [-0.05, 0) is 49.2 Å². The normalized spacial score (nSPS) is 12.3. The monoisotopic (exact) mass is 446 g/mol. The number of ether oxygens (including phenoxy) is 2. The number of hydrogen-bond donors (Lipinski definition) is 1. The van der Waals surface area contributed by atoms with E-state index in [4.69, 9.17) is 9.47 Å². The van der Waals surface area contributed by atoms with Crippen molar-refractivity contribution in [2.45, 2.75) is 71.0 Å². The molecule has 0 aromatic heterocycles. The fourth-order valence-corrected chi connectivity index (χ4v) is 4.45. The van der Waals surface area contributed by atoms with E-state index in [1.54, 1.807) is 6.07 Å². The highest BCUT2D eigenvalue weighted by atomic mass is 16.7. The van der Waals surface area contributed by atoms with E-state index in [0.29, 0.717) is 5.56 Å². The lowest BCUT2D eigenvalue weighted by atomic mass is 9.84. The number of hydrogen-bond acceptors (Lipinski definition) is 3. The molecule has 3 aromatic carbocycles. The summed E-state index contributed by atoms with van der Waals surface area (Å²) in [7, 11) is 0. The van der Waals surface area contributed by atoms with Crippen molar-refractivity contribution in [2.75, 3.05) is 0 Å². The van der Waals surface area contributed by atoms with E-state index in [9.17, 15) is 5.11 Å². The van der Waals surface area contributed by atoms with Gasteiger partial charge in [-0.3, -0.25) is 0 Å². The van der Waals surface area contributed by atoms with E-state index in [2.05, 4.69) is 13.8 Å². The molecule has 33 heavy (non-hydrogen) atoms. The Morgan fingerprint density at radius 2 is 1.18 bits per heavy atom. The van der Waals surface area contributed by atoms with Gasteiger partial charge < -0.3 is 14.6 Å². The zero-order chi connectivity index (χ0) is 23.4. The molecule has 0 spiro atoms. The molecule has 0 aliphatic heterocycles. The second kappa shape index (κ2) is 12.9. The quantitative estimate of drug-likeness (QED) is 0.199. The topological polar surface area (TPSA) is 38.7 Å². The molecule has 3 heteroatoms. The van der Waals surface area contributed by atoms with Gasteiger partial charge in [0.15, 0.2) is 0 Å². The lowest BCUT2D eigenvalue weighted by Gasteiger charge is -2.41. The third-order valence-electron chi connectivity index (χ3n) is 6.24. The Hall–Kier alpha value is -2.94. The zero-order valence-electron chi connectivity index (χ0n) is 20.1. The van der Waals surface area contributed by atoms with Crippen molar-refractivity contribution in [2.24, 2.45) is 5.92 Å². The second-order valence-electron chi connectivity index (χ2n) is 8.68. The molecule has 3 aromatic rings. The number of benzene rings is 3. The van der Waals surface area contributed by atoms with Gasteiger partial charge in [-0.25, -0.2) is 0 Å². The van der Waals surface area contributed by atoms with Crippen LogP contribution in [0.5, 0.6) is 17.2 Å². The van der Waals surface area contributed by atoms with Crippen LogP contribution in [-0.4, -0.2) is 5.11 Å². The smallest absolute Gasteiger partial charge is 0.284 e. The van der Waals surface area contributed by atoms with Crippen LogP contribution in [0.25, 0.3) is 0 Å². The third kappa shape index (κ3) is 6.77. The molecular weight excluding hydrogens is 408 g/mol. The predicted molar refractivity (Wildman–Crippen MR) is 136 cm³/mol. The standard InChI is InChI=1S/C30H38O3/c1-3-5-6-7-8-11-18-25(4-2)30(28-23-16-17-24-29(28)31,32-26-19-12-9-13-20-26)33-27-21-14-10-15-22-27/h9-10,12-17,19-25,31H,3-8,11,18H2,1-2H3. The summed E-state index contributed by atoms with van der Waals surface area (Å²) < 4.78 is 13.5. The van der Waals surface area contributed by atoms with Crippen LogP contribution in [0.15, 0.2) is 84.9 Å². The highest BCUT2D eigenvalue weighted by Gasteiger charge is 2.46. The molecule has 0 fully saturated rings. The molecular formula is C30H38O3. The minimum Gasteiger partial charge on any atom is -0.507 e. The van der Waals surface area contributed by atoms with E-state index >= 15 is 0 Å². The van der Waals surface area contributed by atoms with Gasteiger partial charge in [-0.15, -0.1) is 0 Å². The molecule has 3 nitrogen and oxygen atoms in total. The van der Waals surface area contributed by atoms with Crippen LogP contribution in [0, 0.1) is 5.92 Å². The Labute approximate surface area is 199 Å². The van der Waals surface area contributed by atoms with Crippen molar-refractivity contribution >= 4 is 0 Å². The summed E-state index contributed by atoms with van der Waals surface area (Å²) in [5.74, 6) is 0.533. The molecule has 0 aliphatic rings. The Morgan fingerprint density at radius 1 is 0.667 bits per heavy atom. The molecule has 0 saturated carbocycles. The maximum atomic E-state index is 11.0. The van der Waals surface area contributed by atoms with Gasteiger partial charge in [0.25, 0.3) is 5.79 Å². The fraction of sp³-hybridized carbons (Fsp3) is 0.400. The summed E-state index contributed by atoms with van der Waals surface area (Å²) in [6, 6.07) is 27.0. The fourth-order valence-electron chi connectivity index (χ4n) is 4.45. The van der Waals surface area contributed by atoms with Gasteiger partial charge in [-0.2, -0.15) is 0 Å². The molecule has 1 N–H and O–H groups in total. The van der Waals surface area contributed by atoms with Crippen LogP contribution in [0.4, 0.5) is 0 Å². The molecule has 1 unspecified atom stereocenters. The lowest BCUT2D eigenvalue weighted by Crippen LogP contribution is -2.46. The van der Waals surface area contributed by atoms with Crippen molar-refractivity contribution < 1.29 is 14.6 Å². The predicted octanol–water partition coefficient (Wildman–Crippen LogP) is 8.48. The number of phenols is 1. The Kier molecular flexibility index (Phi) is 9.68. The van der Waals surface area contributed by atoms with E-state index < -0.39 is 5.79 Å². The van der Waals surface area contributed by atoms with E-state index in [0.717, 1.165) is 30.8 Å². The van der Waals surface area contributed by atoms with Crippen molar-refractivity contribution in [1.29, 1.82) is 0 Å².